The van der Waals surface area contributed by atoms with Crippen molar-refractivity contribution in [2.75, 3.05) is 13.2 Å². The predicted molar refractivity (Wildman–Crippen MR) is 66.6 cm³/mol. The third-order valence-electron chi connectivity index (χ3n) is 3.44. The highest BCUT2D eigenvalue weighted by molar-refractivity contribution is 5.94. The third kappa shape index (κ3) is 1.87. The molecule has 2 N–H and O–H groups in total. The van der Waals surface area contributed by atoms with Crippen LogP contribution in [0.5, 0.6) is 5.75 Å². The molecule has 0 bridgehead atoms. The molecule has 2 heterocycles. The van der Waals surface area contributed by atoms with E-state index >= 15 is 0 Å². The molecule has 110 valence electrons. The molecule has 6 nitrogen and oxygen atoms in total. The average Bonchev–Trinajstić information content (AvgIpc) is 2.36. The normalized spacial score (nSPS) is 15.1. The van der Waals surface area contributed by atoms with Crippen LogP contribution < -0.4 is 5.43 Å². The summed E-state index contributed by atoms with van der Waals surface area (Å²) in [4.78, 5) is 23.2. The number of benzene rings is 1. The molecule has 0 saturated carbocycles. The maximum Gasteiger partial charge on any atom is 0.341 e. The Bertz CT molecular complexity index is 826. The zero-order chi connectivity index (χ0) is 15.3. The topological polar surface area (TPSA) is 88.8 Å². The Kier molecular flexibility index (Phi) is 2.91. The molecule has 0 atom stereocenters. The number of hydrogen-bond acceptors (Lipinski definition) is 4. The third-order valence-corrected chi connectivity index (χ3v) is 3.44. The van der Waals surface area contributed by atoms with Gasteiger partial charge in [-0.2, -0.15) is 4.39 Å². The molecule has 1 aromatic carbocycles. The number of rotatable bonds is 2. The SMILES string of the molecule is O=C(O)c1cn(C2COC2)c2cc(F)c(F)c(O)c2c1=O. The molecule has 1 fully saturated rings. The number of carbonyl (C=O) groups is 1. The number of phenols is 1. The molecule has 1 aromatic heterocycles. The minimum absolute atomic E-state index is 0.0744. The second-order valence-corrected chi connectivity index (χ2v) is 4.69. The standard InChI is InChI=1S/C13H9F2NO5/c14-7-1-8-9(12(18)10(7)15)11(17)6(13(19)20)2-16(8)5-3-21-4-5/h1-2,5,18H,3-4H2,(H,19,20). The molecule has 1 saturated heterocycles. The van der Waals surface area contributed by atoms with E-state index in [0.717, 1.165) is 12.3 Å². The first-order valence-electron chi connectivity index (χ1n) is 5.98. The van der Waals surface area contributed by atoms with Crippen molar-refractivity contribution in [1.29, 1.82) is 0 Å². The van der Waals surface area contributed by atoms with Gasteiger partial charge in [0.15, 0.2) is 11.6 Å². The van der Waals surface area contributed by atoms with Crippen LogP contribution in [-0.4, -0.2) is 34.0 Å². The smallest absolute Gasteiger partial charge is 0.341 e. The highest BCUT2D eigenvalue weighted by Crippen LogP contribution is 2.31. The summed E-state index contributed by atoms with van der Waals surface area (Å²) in [5.74, 6) is -5.61. The van der Waals surface area contributed by atoms with Crippen molar-refractivity contribution >= 4 is 16.9 Å². The van der Waals surface area contributed by atoms with Crippen LogP contribution in [0.2, 0.25) is 0 Å². The molecule has 0 radical (unpaired) electrons. The Balaban J connectivity index is 2.48. The molecule has 0 unspecified atom stereocenters. The molecule has 0 aliphatic carbocycles. The second kappa shape index (κ2) is 4.52. The van der Waals surface area contributed by atoms with Crippen LogP contribution in [0.4, 0.5) is 8.78 Å². The van der Waals surface area contributed by atoms with Crippen LogP contribution in [0.25, 0.3) is 10.9 Å². The lowest BCUT2D eigenvalue weighted by Crippen LogP contribution is -2.33. The summed E-state index contributed by atoms with van der Waals surface area (Å²) in [7, 11) is 0. The summed E-state index contributed by atoms with van der Waals surface area (Å²) in [6, 6.07) is 0.450. The van der Waals surface area contributed by atoms with Crippen molar-refractivity contribution < 1.29 is 28.5 Å². The molecule has 0 amide bonds. The number of carboxylic acids is 1. The highest BCUT2D eigenvalue weighted by Gasteiger charge is 2.27. The summed E-state index contributed by atoms with van der Waals surface area (Å²) in [6.45, 7) is 0.494. The Morgan fingerprint density at radius 3 is 2.57 bits per heavy atom. The van der Waals surface area contributed by atoms with Crippen LogP contribution in [0.1, 0.15) is 16.4 Å². The van der Waals surface area contributed by atoms with Gasteiger partial charge in [-0.25, -0.2) is 9.18 Å². The fourth-order valence-corrected chi connectivity index (χ4v) is 2.27. The van der Waals surface area contributed by atoms with Crippen molar-refractivity contribution in [2.24, 2.45) is 0 Å². The lowest BCUT2D eigenvalue weighted by atomic mass is 10.1. The van der Waals surface area contributed by atoms with E-state index in [4.69, 9.17) is 9.84 Å². The first-order chi connectivity index (χ1) is 9.91. The summed E-state index contributed by atoms with van der Waals surface area (Å²) >= 11 is 0. The summed E-state index contributed by atoms with van der Waals surface area (Å²) in [5.41, 5.74) is -1.77. The summed E-state index contributed by atoms with van der Waals surface area (Å²) < 4.78 is 33.2. The second-order valence-electron chi connectivity index (χ2n) is 4.69. The van der Waals surface area contributed by atoms with Gasteiger partial charge >= 0.3 is 5.97 Å². The van der Waals surface area contributed by atoms with Crippen LogP contribution in [0.15, 0.2) is 17.1 Å². The largest absolute Gasteiger partial charge is 0.504 e. The zero-order valence-corrected chi connectivity index (χ0v) is 10.5. The number of phenolic OH excluding ortho intramolecular Hbond substituents is 1. The highest BCUT2D eigenvalue weighted by atomic mass is 19.2. The van der Waals surface area contributed by atoms with Gasteiger partial charge in [0, 0.05) is 12.3 Å². The van der Waals surface area contributed by atoms with Gasteiger partial charge in [-0.15, -0.1) is 0 Å². The number of halogens is 2. The van der Waals surface area contributed by atoms with E-state index in [1.165, 1.54) is 4.57 Å². The number of nitrogens with zero attached hydrogens (tertiary/aromatic N) is 1. The van der Waals surface area contributed by atoms with Gasteiger partial charge in [-0.05, 0) is 0 Å². The number of hydrogen-bond donors (Lipinski definition) is 2. The van der Waals surface area contributed by atoms with Crippen molar-refractivity contribution in [2.45, 2.75) is 6.04 Å². The molecule has 2 aromatic rings. The monoisotopic (exact) mass is 297 g/mol. The zero-order valence-electron chi connectivity index (χ0n) is 10.5. The summed E-state index contributed by atoms with van der Waals surface area (Å²) in [6.07, 6.45) is 1.05. The van der Waals surface area contributed by atoms with Gasteiger partial charge in [-0.1, -0.05) is 0 Å². The van der Waals surface area contributed by atoms with E-state index in [0.29, 0.717) is 0 Å². The molecule has 8 heteroatoms. The Labute approximate surface area is 115 Å². The average molecular weight is 297 g/mol. The van der Waals surface area contributed by atoms with Gasteiger partial charge < -0.3 is 19.5 Å². The fraction of sp³-hybridized carbons (Fsp3) is 0.231. The maximum absolute atomic E-state index is 13.5. The van der Waals surface area contributed by atoms with Gasteiger partial charge in [-0.3, -0.25) is 4.79 Å². The number of aromatic carboxylic acids is 1. The lowest BCUT2D eigenvalue weighted by Gasteiger charge is -2.30. The molecule has 1 aliphatic rings. The Hall–Kier alpha value is -2.48. The maximum atomic E-state index is 13.5. The van der Waals surface area contributed by atoms with Crippen LogP contribution in [-0.2, 0) is 4.74 Å². The van der Waals surface area contributed by atoms with Gasteiger partial charge in [0.2, 0.25) is 11.2 Å². The van der Waals surface area contributed by atoms with Gasteiger partial charge in [0.05, 0.1) is 30.2 Å². The fourth-order valence-electron chi connectivity index (χ4n) is 2.27. The molecule has 0 spiro atoms. The first-order valence-corrected chi connectivity index (χ1v) is 5.98. The van der Waals surface area contributed by atoms with Crippen LogP contribution >= 0.6 is 0 Å². The van der Waals surface area contributed by atoms with Gasteiger partial charge in [0.1, 0.15) is 5.56 Å². The number of pyridine rings is 1. The predicted octanol–water partition coefficient (Wildman–Crippen LogP) is 1.25. The molecule has 1 aliphatic heterocycles. The Morgan fingerprint density at radius 1 is 1.38 bits per heavy atom. The summed E-state index contributed by atoms with van der Waals surface area (Å²) in [5, 5.41) is 18.2. The molecule has 3 rings (SSSR count). The number of fused-ring (bicyclic) bond motifs is 1. The van der Waals surface area contributed by atoms with Crippen LogP contribution in [0.3, 0.4) is 0 Å². The van der Waals surface area contributed by atoms with E-state index in [-0.39, 0.29) is 24.8 Å². The van der Waals surface area contributed by atoms with E-state index in [2.05, 4.69) is 0 Å². The van der Waals surface area contributed by atoms with Crippen molar-refractivity contribution in [3.63, 3.8) is 0 Å². The minimum atomic E-state index is -1.58. The van der Waals surface area contributed by atoms with Crippen LogP contribution in [0, 0.1) is 11.6 Å². The molecule has 21 heavy (non-hydrogen) atoms. The Morgan fingerprint density at radius 2 is 2.05 bits per heavy atom. The molecular weight excluding hydrogens is 288 g/mol. The van der Waals surface area contributed by atoms with Crippen molar-refractivity contribution in [1.82, 2.24) is 4.57 Å². The van der Waals surface area contributed by atoms with E-state index in [1.807, 2.05) is 0 Å². The van der Waals surface area contributed by atoms with E-state index < -0.39 is 39.7 Å². The van der Waals surface area contributed by atoms with Crippen molar-refractivity contribution in [3.8, 4) is 5.75 Å². The molecular formula is C13H9F2NO5. The lowest BCUT2D eigenvalue weighted by molar-refractivity contribution is -0.0217. The number of aromatic hydroxyl groups is 1. The van der Waals surface area contributed by atoms with E-state index in [1.54, 1.807) is 0 Å². The number of carboxylic acid groups (broad SMARTS) is 1. The van der Waals surface area contributed by atoms with Gasteiger partial charge in [0.25, 0.3) is 0 Å². The first kappa shape index (κ1) is 13.5. The van der Waals surface area contributed by atoms with E-state index in [9.17, 15) is 23.5 Å². The minimum Gasteiger partial charge on any atom is -0.504 e. The quantitative estimate of drug-likeness (QED) is 0.871. The van der Waals surface area contributed by atoms with Crippen molar-refractivity contribution in [3.05, 3.63) is 39.7 Å². The number of aromatic nitrogens is 1. The number of ether oxygens (including phenoxy) is 1.